The van der Waals surface area contributed by atoms with E-state index in [1.54, 1.807) is 7.11 Å². The highest BCUT2D eigenvalue weighted by Gasteiger charge is 2.28. The van der Waals surface area contributed by atoms with Crippen molar-refractivity contribution in [3.05, 3.63) is 0 Å². The number of aliphatic hydroxyl groups excluding tert-OH is 1. The van der Waals surface area contributed by atoms with E-state index >= 15 is 0 Å². The Balaban J connectivity index is 1.87. The zero-order chi connectivity index (χ0) is 13.4. The molecule has 1 rings (SSSR count). The van der Waals surface area contributed by atoms with E-state index < -0.39 is 6.10 Å². The molecule has 1 aliphatic rings. The third-order valence-electron chi connectivity index (χ3n) is 3.06. The van der Waals surface area contributed by atoms with E-state index in [1.165, 1.54) is 0 Å². The van der Waals surface area contributed by atoms with Gasteiger partial charge in [0.1, 0.15) is 0 Å². The number of methoxy groups -OCH3 is 1. The molecule has 2 N–H and O–H groups in total. The molecule has 0 bridgehead atoms. The fraction of sp³-hybridized carbons (Fsp3) is 1.00. The lowest BCUT2D eigenvalue weighted by Crippen LogP contribution is -2.47. The number of hydrogen-bond donors (Lipinski definition) is 2. The van der Waals surface area contributed by atoms with Crippen LogP contribution in [0.15, 0.2) is 0 Å². The quantitative estimate of drug-likeness (QED) is 0.563. The summed E-state index contributed by atoms with van der Waals surface area (Å²) < 4.78 is 15.9. The molecule has 1 saturated carbocycles. The maximum atomic E-state index is 9.69. The molecule has 5 nitrogen and oxygen atoms in total. The zero-order valence-electron chi connectivity index (χ0n) is 11.7. The van der Waals surface area contributed by atoms with Crippen LogP contribution >= 0.6 is 0 Å². The molecule has 0 aromatic rings. The smallest absolute Gasteiger partial charge is 0.0897 e. The maximum Gasteiger partial charge on any atom is 0.0897 e. The normalized spacial score (nSPS) is 25.2. The van der Waals surface area contributed by atoms with Crippen molar-refractivity contribution in [1.29, 1.82) is 0 Å². The van der Waals surface area contributed by atoms with E-state index in [1.807, 2.05) is 13.8 Å². The first-order valence-electron chi connectivity index (χ1n) is 6.75. The van der Waals surface area contributed by atoms with E-state index in [2.05, 4.69) is 5.32 Å². The average molecular weight is 261 g/mol. The lowest BCUT2D eigenvalue weighted by atomic mass is 9.89. The first-order valence-corrected chi connectivity index (χ1v) is 6.75. The largest absolute Gasteiger partial charge is 0.389 e. The van der Waals surface area contributed by atoms with Crippen LogP contribution in [0.2, 0.25) is 0 Å². The van der Waals surface area contributed by atoms with Crippen molar-refractivity contribution in [3.63, 3.8) is 0 Å². The van der Waals surface area contributed by atoms with Gasteiger partial charge in [0.25, 0.3) is 0 Å². The summed E-state index contributed by atoms with van der Waals surface area (Å²) in [7, 11) is 1.74. The van der Waals surface area contributed by atoms with Crippen LogP contribution in [0.4, 0.5) is 0 Å². The van der Waals surface area contributed by atoms with Crippen LogP contribution in [0.5, 0.6) is 0 Å². The number of aliphatic hydroxyl groups is 1. The molecule has 1 fully saturated rings. The molecular formula is C13H27NO4. The Morgan fingerprint density at radius 3 is 2.61 bits per heavy atom. The van der Waals surface area contributed by atoms with E-state index in [0.717, 1.165) is 12.8 Å². The Morgan fingerprint density at radius 2 is 2.00 bits per heavy atom. The van der Waals surface area contributed by atoms with Gasteiger partial charge in [0.05, 0.1) is 38.1 Å². The first-order chi connectivity index (χ1) is 8.61. The van der Waals surface area contributed by atoms with Gasteiger partial charge in [0.2, 0.25) is 0 Å². The van der Waals surface area contributed by atoms with Gasteiger partial charge in [-0.05, 0) is 26.7 Å². The molecular weight excluding hydrogens is 234 g/mol. The summed E-state index contributed by atoms with van der Waals surface area (Å²) in [5, 5.41) is 13.0. The van der Waals surface area contributed by atoms with Crippen LogP contribution < -0.4 is 5.32 Å². The van der Waals surface area contributed by atoms with Gasteiger partial charge in [-0.15, -0.1) is 0 Å². The minimum atomic E-state index is -0.453. The number of nitrogens with one attached hydrogen (secondary N) is 1. The van der Waals surface area contributed by atoms with Crippen molar-refractivity contribution in [2.75, 3.05) is 33.5 Å². The molecule has 1 unspecified atom stereocenters. The fourth-order valence-corrected chi connectivity index (χ4v) is 1.85. The number of ether oxygens (including phenoxy) is 3. The summed E-state index contributed by atoms with van der Waals surface area (Å²) in [5.41, 5.74) is 0. The minimum absolute atomic E-state index is 0.229. The summed E-state index contributed by atoms with van der Waals surface area (Å²) in [5.74, 6) is 0. The maximum absolute atomic E-state index is 9.69. The van der Waals surface area contributed by atoms with Crippen molar-refractivity contribution in [3.8, 4) is 0 Å². The van der Waals surface area contributed by atoms with Gasteiger partial charge in [-0.2, -0.15) is 0 Å². The molecule has 0 aromatic carbocycles. The summed E-state index contributed by atoms with van der Waals surface area (Å²) in [6, 6.07) is 0.480. The van der Waals surface area contributed by atoms with Crippen molar-refractivity contribution in [1.82, 2.24) is 5.32 Å². The fourth-order valence-electron chi connectivity index (χ4n) is 1.85. The molecule has 0 aliphatic heterocycles. The molecule has 0 heterocycles. The van der Waals surface area contributed by atoms with Gasteiger partial charge >= 0.3 is 0 Å². The first kappa shape index (κ1) is 15.9. The van der Waals surface area contributed by atoms with E-state index in [9.17, 15) is 5.11 Å². The van der Waals surface area contributed by atoms with Crippen molar-refractivity contribution in [2.45, 2.75) is 51.0 Å². The minimum Gasteiger partial charge on any atom is -0.389 e. The standard InChI is InChI=1S/C13H27NO4/c1-10(2)18-5-4-17-9-12(15)8-14-11-6-13(7-11)16-3/h10-15H,4-9H2,1-3H3. The molecule has 0 saturated heterocycles. The van der Waals surface area contributed by atoms with E-state index in [-0.39, 0.29) is 6.10 Å². The van der Waals surface area contributed by atoms with Crippen molar-refractivity contribution in [2.24, 2.45) is 0 Å². The van der Waals surface area contributed by atoms with Gasteiger partial charge < -0.3 is 24.6 Å². The molecule has 0 aromatic heterocycles. The molecule has 108 valence electrons. The average Bonchev–Trinajstić information content (AvgIpc) is 2.26. The van der Waals surface area contributed by atoms with Crippen molar-refractivity contribution < 1.29 is 19.3 Å². The molecule has 0 spiro atoms. The summed E-state index contributed by atoms with van der Waals surface area (Å²) in [6.45, 7) is 6.02. The summed E-state index contributed by atoms with van der Waals surface area (Å²) >= 11 is 0. The van der Waals surface area contributed by atoms with Crippen molar-refractivity contribution >= 4 is 0 Å². The van der Waals surface area contributed by atoms with Crippen LogP contribution in [0.25, 0.3) is 0 Å². The molecule has 1 atom stereocenters. The second-order valence-corrected chi connectivity index (χ2v) is 5.08. The third-order valence-corrected chi connectivity index (χ3v) is 3.06. The van der Waals surface area contributed by atoms with Crippen LogP contribution in [0, 0.1) is 0 Å². The van der Waals surface area contributed by atoms with Gasteiger partial charge in [-0.3, -0.25) is 0 Å². The van der Waals surface area contributed by atoms with Crippen LogP contribution in [-0.2, 0) is 14.2 Å². The highest BCUT2D eigenvalue weighted by Crippen LogP contribution is 2.22. The van der Waals surface area contributed by atoms with Gasteiger partial charge in [-0.25, -0.2) is 0 Å². The van der Waals surface area contributed by atoms with Crippen LogP contribution in [-0.4, -0.2) is 62.9 Å². The topological polar surface area (TPSA) is 60.0 Å². The molecule has 1 aliphatic carbocycles. The van der Waals surface area contributed by atoms with Crippen LogP contribution in [0.3, 0.4) is 0 Å². The molecule has 0 amide bonds. The number of rotatable bonds is 10. The van der Waals surface area contributed by atoms with Gasteiger partial charge in [0.15, 0.2) is 0 Å². The highest BCUT2D eigenvalue weighted by molar-refractivity contribution is 4.86. The monoisotopic (exact) mass is 261 g/mol. The zero-order valence-corrected chi connectivity index (χ0v) is 11.7. The predicted octanol–water partition coefficient (Wildman–Crippen LogP) is 0.556. The van der Waals surface area contributed by atoms with E-state index in [4.69, 9.17) is 14.2 Å². The number of hydrogen-bond acceptors (Lipinski definition) is 5. The Hall–Kier alpha value is -0.200. The second-order valence-electron chi connectivity index (χ2n) is 5.08. The van der Waals surface area contributed by atoms with E-state index in [0.29, 0.717) is 38.5 Å². The van der Waals surface area contributed by atoms with Crippen LogP contribution in [0.1, 0.15) is 26.7 Å². The Labute approximate surface area is 110 Å². The van der Waals surface area contributed by atoms with Gasteiger partial charge in [0, 0.05) is 19.7 Å². The third kappa shape index (κ3) is 6.66. The molecule has 0 radical (unpaired) electrons. The second kappa shape index (κ2) is 8.82. The van der Waals surface area contributed by atoms with Gasteiger partial charge in [-0.1, -0.05) is 0 Å². The summed E-state index contributed by atoms with van der Waals surface area (Å²) in [4.78, 5) is 0. The Kier molecular flexibility index (Phi) is 7.77. The predicted molar refractivity (Wildman–Crippen MR) is 69.7 cm³/mol. The lowest BCUT2D eigenvalue weighted by molar-refractivity contribution is -0.0162. The Bertz CT molecular complexity index is 207. The lowest BCUT2D eigenvalue weighted by Gasteiger charge is -2.35. The molecule has 18 heavy (non-hydrogen) atoms. The SMILES string of the molecule is COC1CC(NCC(O)COCCOC(C)C)C1. The highest BCUT2D eigenvalue weighted by atomic mass is 16.5. The summed E-state index contributed by atoms with van der Waals surface area (Å²) in [6.07, 6.45) is 2.24. The molecule has 5 heteroatoms. The Morgan fingerprint density at radius 1 is 1.28 bits per heavy atom.